The molecule has 0 unspecified atom stereocenters. The second kappa shape index (κ2) is 7.58. The van der Waals surface area contributed by atoms with Crippen LogP contribution in [0.25, 0.3) is 0 Å². The van der Waals surface area contributed by atoms with Crippen molar-refractivity contribution >= 4 is 34.8 Å². The molecule has 0 fully saturated rings. The Kier molecular flexibility index (Phi) is 6.40. The number of aliphatic hydroxyl groups is 1. The third kappa shape index (κ3) is 4.58. The largest absolute Gasteiger partial charge is 0.396 e. The van der Waals surface area contributed by atoms with E-state index in [2.05, 4.69) is 15.6 Å². The molecular formula is C11H17Cl2N3O. The van der Waals surface area contributed by atoms with Crippen molar-refractivity contribution in [2.24, 2.45) is 0 Å². The smallest absolute Gasteiger partial charge is 0.147 e. The molecule has 17 heavy (non-hydrogen) atoms. The van der Waals surface area contributed by atoms with Crippen LogP contribution in [0.3, 0.4) is 0 Å². The average molecular weight is 278 g/mol. The molecule has 0 spiro atoms. The molecule has 0 saturated heterocycles. The number of nitrogens with one attached hydrogen (secondary N) is 2. The quantitative estimate of drug-likeness (QED) is 0.671. The van der Waals surface area contributed by atoms with Gasteiger partial charge in [-0.05, 0) is 25.3 Å². The zero-order chi connectivity index (χ0) is 12.7. The summed E-state index contributed by atoms with van der Waals surface area (Å²) in [5.74, 6) is 1.23. The fourth-order valence-electron chi connectivity index (χ4n) is 1.39. The summed E-state index contributed by atoms with van der Waals surface area (Å²) in [5, 5.41) is 15.7. The number of aromatic nitrogens is 1. The predicted octanol–water partition coefficient (Wildman–Crippen LogP) is 3.00. The van der Waals surface area contributed by atoms with Gasteiger partial charge in [0, 0.05) is 20.2 Å². The monoisotopic (exact) mass is 277 g/mol. The van der Waals surface area contributed by atoms with E-state index in [9.17, 15) is 0 Å². The van der Waals surface area contributed by atoms with Crippen molar-refractivity contribution < 1.29 is 5.11 Å². The first-order chi connectivity index (χ1) is 8.19. The minimum Gasteiger partial charge on any atom is -0.396 e. The van der Waals surface area contributed by atoms with Crippen LogP contribution in [0.1, 0.15) is 19.3 Å². The van der Waals surface area contributed by atoms with Gasteiger partial charge in [0.15, 0.2) is 0 Å². The minimum atomic E-state index is 0.240. The molecule has 1 rings (SSSR count). The molecule has 3 N–H and O–H groups in total. The first kappa shape index (κ1) is 14.4. The number of hydrogen-bond acceptors (Lipinski definition) is 4. The van der Waals surface area contributed by atoms with Gasteiger partial charge in [-0.3, -0.25) is 0 Å². The maximum absolute atomic E-state index is 8.65. The number of nitrogens with zero attached hydrogens (tertiary/aromatic N) is 1. The second-order valence-corrected chi connectivity index (χ2v) is 4.42. The normalized spacial score (nSPS) is 10.4. The number of aliphatic hydroxyl groups excluding tert-OH is 1. The van der Waals surface area contributed by atoms with Crippen LogP contribution in [0.2, 0.25) is 10.0 Å². The highest BCUT2D eigenvalue weighted by Crippen LogP contribution is 2.28. The van der Waals surface area contributed by atoms with Gasteiger partial charge in [-0.2, -0.15) is 0 Å². The standard InChI is InChI=1S/C11H17Cl2N3O/c1-14-10-8(12)7-9(13)11(16-10)15-5-3-2-4-6-17/h7,17H,2-6H2,1H3,(H2,14,15,16). The highest BCUT2D eigenvalue weighted by atomic mass is 35.5. The summed E-state index contributed by atoms with van der Waals surface area (Å²) >= 11 is 12.0. The van der Waals surface area contributed by atoms with Crippen molar-refractivity contribution in [1.29, 1.82) is 0 Å². The molecule has 0 saturated carbocycles. The van der Waals surface area contributed by atoms with Crippen molar-refractivity contribution in [3.05, 3.63) is 16.1 Å². The average Bonchev–Trinajstić information content (AvgIpc) is 2.31. The maximum Gasteiger partial charge on any atom is 0.147 e. The molecular weight excluding hydrogens is 261 g/mol. The van der Waals surface area contributed by atoms with Crippen LogP contribution in [-0.4, -0.2) is 30.3 Å². The number of anilines is 2. The van der Waals surface area contributed by atoms with Gasteiger partial charge >= 0.3 is 0 Å². The Hall–Kier alpha value is -0.710. The lowest BCUT2D eigenvalue weighted by molar-refractivity contribution is 0.283. The van der Waals surface area contributed by atoms with E-state index in [1.807, 2.05) is 0 Å². The van der Waals surface area contributed by atoms with Crippen molar-refractivity contribution in [3.63, 3.8) is 0 Å². The van der Waals surface area contributed by atoms with E-state index in [1.54, 1.807) is 13.1 Å². The highest BCUT2D eigenvalue weighted by molar-refractivity contribution is 6.37. The van der Waals surface area contributed by atoms with E-state index < -0.39 is 0 Å². The maximum atomic E-state index is 8.65. The van der Waals surface area contributed by atoms with Gasteiger partial charge in [-0.15, -0.1) is 0 Å². The minimum absolute atomic E-state index is 0.240. The summed E-state index contributed by atoms with van der Waals surface area (Å²) in [6.45, 7) is 1.02. The number of pyridine rings is 1. The van der Waals surface area contributed by atoms with E-state index in [4.69, 9.17) is 28.3 Å². The molecule has 0 radical (unpaired) electrons. The molecule has 0 atom stereocenters. The van der Waals surface area contributed by atoms with E-state index in [-0.39, 0.29) is 6.61 Å². The summed E-state index contributed by atoms with van der Waals surface area (Å²) in [7, 11) is 1.76. The molecule has 6 heteroatoms. The van der Waals surface area contributed by atoms with E-state index in [0.717, 1.165) is 25.8 Å². The Bertz CT molecular complexity index is 361. The first-order valence-corrected chi connectivity index (χ1v) is 6.33. The number of hydrogen-bond donors (Lipinski definition) is 3. The summed E-state index contributed by atoms with van der Waals surface area (Å²) in [6, 6.07) is 1.66. The summed E-state index contributed by atoms with van der Waals surface area (Å²) in [4.78, 5) is 4.27. The topological polar surface area (TPSA) is 57.2 Å². The van der Waals surface area contributed by atoms with Crippen molar-refractivity contribution in [3.8, 4) is 0 Å². The van der Waals surface area contributed by atoms with Crippen molar-refractivity contribution in [2.75, 3.05) is 30.8 Å². The first-order valence-electron chi connectivity index (χ1n) is 5.57. The van der Waals surface area contributed by atoms with Crippen LogP contribution in [-0.2, 0) is 0 Å². The molecule has 96 valence electrons. The van der Waals surface area contributed by atoms with Gasteiger partial charge in [0.1, 0.15) is 11.6 Å². The Morgan fingerprint density at radius 3 is 2.53 bits per heavy atom. The molecule has 1 heterocycles. The summed E-state index contributed by atoms with van der Waals surface area (Å²) in [5.41, 5.74) is 0. The van der Waals surface area contributed by atoms with E-state index in [0.29, 0.717) is 21.7 Å². The zero-order valence-corrected chi connectivity index (χ0v) is 11.3. The van der Waals surface area contributed by atoms with Gasteiger partial charge in [-0.1, -0.05) is 23.2 Å². The molecule has 1 aromatic heterocycles. The Morgan fingerprint density at radius 2 is 1.88 bits per heavy atom. The fraction of sp³-hybridized carbons (Fsp3) is 0.545. The van der Waals surface area contributed by atoms with Crippen LogP contribution in [0.5, 0.6) is 0 Å². The Labute approximate surface area is 111 Å². The molecule has 0 aliphatic carbocycles. The summed E-state index contributed by atoms with van der Waals surface area (Å²) < 4.78 is 0. The van der Waals surface area contributed by atoms with Gasteiger partial charge in [-0.25, -0.2) is 4.98 Å². The fourth-order valence-corrected chi connectivity index (χ4v) is 1.91. The third-order valence-electron chi connectivity index (χ3n) is 2.29. The van der Waals surface area contributed by atoms with Crippen LogP contribution in [0.4, 0.5) is 11.6 Å². The van der Waals surface area contributed by atoms with E-state index in [1.165, 1.54) is 0 Å². The lowest BCUT2D eigenvalue weighted by atomic mass is 10.2. The molecule has 4 nitrogen and oxygen atoms in total. The number of unbranched alkanes of at least 4 members (excludes halogenated alkanes) is 2. The molecule has 0 aliphatic rings. The number of rotatable bonds is 7. The SMILES string of the molecule is CNc1nc(NCCCCCO)c(Cl)cc1Cl. The lowest BCUT2D eigenvalue weighted by Crippen LogP contribution is -2.06. The Morgan fingerprint density at radius 1 is 1.18 bits per heavy atom. The molecule has 0 bridgehead atoms. The lowest BCUT2D eigenvalue weighted by Gasteiger charge is -2.10. The van der Waals surface area contributed by atoms with Crippen molar-refractivity contribution in [2.45, 2.75) is 19.3 Å². The summed E-state index contributed by atoms with van der Waals surface area (Å²) in [6.07, 6.45) is 2.77. The van der Waals surface area contributed by atoms with Crippen LogP contribution >= 0.6 is 23.2 Å². The Balaban J connectivity index is 2.52. The zero-order valence-electron chi connectivity index (χ0n) is 9.76. The van der Waals surface area contributed by atoms with Crippen LogP contribution < -0.4 is 10.6 Å². The van der Waals surface area contributed by atoms with Crippen LogP contribution in [0.15, 0.2) is 6.07 Å². The predicted molar refractivity (Wildman–Crippen MR) is 73.2 cm³/mol. The molecule has 0 aliphatic heterocycles. The van der Waals surface area contributed by atoms with Gasteiger partial charge < -0.3 is 15.7 Å². The van der Waals surface area contributed by atoms with Gasteiger partial charge in [0.05, 0.1) is 10.0 Å². The van der Waals surface area contributed by atoms with Gasteiger partial charge in [0.2, 0.25) is 0 Å². The van der Waals surface area contributed by atoms with Gasteiger partial charge in [0.25, 0.3) is 0 Å². The second-order valence-electron chi connectivity index (χ2n) is 3.61. The van der Waals surface area contributed by atoms with E-state index >= 15 is 0 Å². The molecule has 0 aromatic carbocycles. The third-order valence-corrected chi connectivity index (χ3v) is 2.87. The molecule has 1 aromatic rings. The number of halogens is 2. The van der Waals surface area contributed by atoms with Crippen LogP contribution in [0, 0.1) is 0 Å². The van der Waals surface area contributed by atoms with Crippen molar-refractivity contribution in [1.82, 2.24) is 4.98 Å². The molecule has 0 amide bonds. The highest BCUT2D eigenvalue weighted by Gasteiger charge is 2.07.